The summed E-state index contributed by atoms with van der Waals surface area (Å²) in [7, 11) is 1.77. The molecule has 3 aromatic rings. The summed E-state index contributed by atoms with van der Waals surface area (Å²) < 4.78 is 16.4. The minimum Gasteiger partial charge on any atom is -0.339 e. The maximum atomic E-state index is 14.3. The highest BCUT2D eigenvalue weighted by atomic mass is 19.1. The van der Waals surface area contributed by atoms with E-state index >= 15 is 0 Å². The van der Waals surface area contributed by atoms with E-state index in [1.807, 2.05) is 30.8 Å². The molecule has 2 fully saturated rings. The summed E-state index contributed by atoms with van der Waals surface area (Å²) in [6.45, 7) is 11.8. The van der Waals surface area contributed by atoms with Gasteiger partial charge in [0.05, 0.1) is 23.0 Å². The van der Waals surface area contributed by atoms with Crippen LogP contribution in [-0.4, -0.2) is 71.1 Å². The molecule has 2 aliphatic rings. The van der Waals surface area contributed by atoms with E-state index in [1.54, 1.807) is 18.0 Å². The first-order valence-corrected chi connectivity index (χ1v) is 13.8. The number of aryl methyl sites for hydroxylation is 1. The Labute approximate surface area is 219 Å². The van der Waals surface area contributed by atoms with Crippen LogP contribution in [0.1, 0.15) is 54.6 Å². The van der Waals surface area contributed by atoms with Gasteiger partial charge in [0, 0.05) is 44.0 Å². The zero-order chi connectivity index (χ0) is 26.1. The van der Waals surface area contributed by atoms with Crippen LogP contribution in [0.3, 0.4) is 0 Å². The molecule has 2 saturated heterocycles. The second-order valence-corrected chi connectivity index (χ2v) is 11.4. The molecule has 198 valence electrons. The quantitative estimate of drug-likeness (QED) is 0.500. The first kappa shape index (κ1) is 25.9. The Bertz CT molecular complexity index is 1260. The molecule has 6 nitrogen and oxygen atoms in total. The van der Waals surface area contributed by atoms with Gasteiger partial charge in [0.2, 0.25) is 0 Å². The average Bonchev–Trinajstić information content (AvgIpc) is 3.48. The third-order valence-corrected chi connectivity index (χ3v) is 8.38. The summed E-state index contributed by atoms with van der Waals surface area (Å²) in [6.07, 6.45) is 10.7. The highest BCUT2D eigenvalue weighted by molar-refractivity contribution is 5.99. The normalized spacial score (nSPS) is 19.2. The number of likely N-dealkylation sites (tertiary alicyclic amines) is 1. The Morgan fingerprint density at radius 1 is 1.19 bits per heavy atom. The Kier molecular flexibility index (Phi) is 7.63. The van der Waals surface area contributed by atoms with E-state index in [1.165, 1.54) is 55.4 Å². The van der Waals surface area contributed by atoms with E-state index in [0.717, 1.165) is 43.1 Å². The Morgan fingerprint density at radius 3 is 2.73 bits per heavy atom. The molecule has 1 amide bonds. The van der Waals surface area contributed by atoms with Crippen molar-refractivity contribution < 1.29 is 9.18 Å². The molecule has 5 rings (SSSR count). The summed E-state index contributed by atoms with van der Waals surface area (Å²) >= 11 is 0. The van der Waals surface area contributed by atoms with Crippen LogP contribution in [0, 0.1) is 24.6 Å². The number of halogens is 1. The molecule has 0 spiro atoms. The molecule has 37 heavy (non-hydrogen) atoms. The fraction of sp³-hybridized carbons (Fsp3) is 0.533. The number of pyridine rings is 1. The first-order valence-electron chi connectivity index (χ1n) is 13.8. The van der Waals surface area contributed by atoms with Crippen molar-refractivity contribution in [3.63, 3.8) is 0 Å². The molecular formula is C30H40FN5O. The van der Waals surface area contributed by atoms with Gasteiger partial charge in [-0.05, 0) is 107 Å². The van der Waals surface area contributed by atoms with E-state index in [4.69, 9.17) is 0 Å². The van der Waals surface area contributed by atoms with E-state index in [-0.39, 0.29) is 11.9 Å². The summed E-state index contributed by atoms with van der Waals surface area (Å²) in [4.78, 5) is 22.1. The first-order chi connectivity index (χ1) is 17.8. The average molecular weight is 506 g/mol. The van der Waals surface area contributed by atoms with Crippen molar-refractivity contribution in [3.05, 3.63) is 59.3 Å². The number of nitrogens with one attached hydrogen (secondary N) is 1. The van der Waals surface area contributed by atoms with E-state index in [0.29, 0.717) is 17.2 Å². The molecule has 0 aliphatic carbocycles. The zero-order valence-electron chi connectivity index (χ0n) is 22.6. The van der Waals surface area contributed by atoms with Crippen LogP contribution in [0.15, 0.2) is 36.8 Å². The molecule has 0 saturated carbocycles. The summed E-state index contributed by atoms with van der Waals surface area (Å²) in [6, 6.07) is 4.53. The molecule has 4 heterocycles. The summed E-state index contributed by atoms with van der Waals surface area (Å²) in [5.41, 5.74) is 4.44. The van der Waals surface area contributed by atoms with Crippen molar-refractivity contribution in [2.75, 3.05) is 39.8 Å². The smallest absolute Gasteiger partial charge is 0.256 e. The Hall–Kier alpha value is -2.77. The number of aromatic nitrogens is 2. The fourth-order valence-corrected chi connectivity index (χ4v) is 6.10. The monoisotopic (exact) mass is 505 g/mol. The minimum atomic E-state index is -0.407. The number of piperidine rings is 1. The van der Waals surface area contributed by atoms with E-state index in [2.05, 4.69) is 28.3 Å². The van der Waals surface area contributed by atoms with Crippen LogP contribution in [0.4, 0.5) is 4.39 Å². The van der Waals surface area contributed by atoms with E-state index < -0.39 is 5.82 Å². The predicted octanol–water partition coefficient (Wildman–Crippen LogP) is 4.82. The second kappa shape index (κ2) is 10.9. The molecule has 2 aromatic heterocycles. The maximum Gasteiger partial charge on any atom is 0.256 e. The van der Waals surface area contributed by atoms with Gasteiger partial charge in [-0.25, -0.2) is 4.39 Å². The van der Waals surface area contributed by atoms with Gasteiger partial charge in [0.15, 0.2) is 0 Å². The van der Waals surface area contributed by atoms with Gasteiger partial charge in [0.25, 0.3) is 5.91 Å². The third kappa shape index (κ3) is 5.43. The predicted molar refractivity (Wildman–Crippen MR) is 147 cm³/mol. The lowest BCUT2D eigenvalue weighted by atomic mass is 9.96. The van der Waals surface area contributed by atoms with Crippen molar-refractivity contribution in [1.29, 1.82) is 0 Å². The van der Waals surface area contributed by atoms with Crippen LogP contribution < -0.4 is 5.32 Å². The molecule has 0 bridgehead atoms. The van der Waals surface area contributed by atoms with Gasteiger partial charge in [0.1, 0.15) is 5.82 Å². The molecule has 0 radical (unpaired) electrons. The van der Waals surface area contributed by atoms with Crippen LogP contribution >= 0.6 is 0 Å². The fourth-order valence-electron chi connectivity index (χ4n) is 6.10. The standard InChI is InChI=1S/C30H40FN5O/c1-20(2)34(4)30(37)26-14-25(31)5-6-27(26)36-19-24(29-21(3)15-33-16-28(29)36)13-23-9-12-35(18-23)17-22-7-10-32-11-8-22/h5-6,14-16,19-20,22-23,32H,7-13,17-18H2,1-4H3. The number of rotatable bonds is 7. The summed E-state index contributed by atoms with van der Waals surface area (Å²) in [5, 5.41) is 4.67. The number of benzene rings is 1. The number of amides is 1. The van der Waals surface area contributed by atoms with Crippen LogP contribution in [0.25, 0.3) is 16.6 Å². The largest absolute Gasteiger partial charge is 0.339 e. The summed E-state index contributed by atoms with van der Waals surface area (Å²) in [5.74, 6) is 0.830. The van der Waals surface area contributed by atoms with Crippen LogP contribution in [-0.2, 0) is 6.42 Å². The SMILES string of the molecule is Cc1cncc2c1c(CC1CCN(CC3CCNCC3)C1)cn2-c1ccc(F)cc1C(=O)N(C)C(C)C. The van der Waals surface area contributed by atoms with Gasteiger partial charge in [-0.3, -0.25) is 9.78 Å². The number of carbonyl (C=O) groups excluding carboxylic acids is 1. The van der Waals surface area contributed by atoms with Crippen LogP contribution in [0.2, 0.25) is 0 Å². The molecule has 1 N–H and O–H groups in total. The lowest BCUT2D eigenvalue weighted by Gasteiger charge is -2.27. The maximum absolute atomic E-state index is 14.3. The van der Waals surface area contributed by atoms with Gasteiger partial charge in [-0.2, -0.15) is 0 Å². The minimum absolute atomic E-state index is 0.0136. The number of carbonyl (C=O) groups is 1. The lowest BCUT2D eigenvalue weighted by Crippen LogP contribution is -2.35. The van der Waals surface area contributed by atoms with E-state index in [9.17, 15) is 9.18 Å². The molecular weight excluding hydrogens is 465 g/mol. The second-order valence-electron chi connectivity index (χ2n) is 11.4. The van der Waals surface area contributed by atoms with Gasteiger partial charge in [-0.1, -0.05) is 0 Å². The van der Waals surface area contributed by atoms with Crippen molar-refractivity contribution in [2.24, 2.45) is 11.8 Å². The molecule has 1 atom stereocenters. The molecule has 7 heteroatoms. The number of hydrogen-bond donors (Lipinski definition) is 1. The number of fused-ring (bicyclic) bond motifs is 1. The topological polar surface area (TPSA) is 53.4 Å². The van der Waals surface area contributed by atoms with Crippen molar-refractivity contribution in [1.82, 2.24) is 24.7 Å². The Balaban J connectivity index is 1.45. The lowest BCUT2D eigenvalue weighted by molar-refractivity contribution is 0.0754. The van der Waals surface area contributed by atoms with Crippen molar-refractivity contribution in [2.45, 2.75) is 52.5 Å². The number of nitrogens with zero attached hydrogens (tertiary/aromatic N) is 4. The van der Waals surface area contributed by atoms with Crippen molar-refractivity contribution >= 4 is 16.8 Å². The van der Waals surface area contributed by atoms with Gasteiger partial charge >= 0.3 is 0 Å². The molecule has 1 aromatic carbocycles. The highest BCUT2D eigenvalue weighted by Crippen LogP contribution is 2.33. The van der Waals surface area contributed by atoms with Gasteiger partial charge < -0.3 is 19.7 Å². The highest BCUT2D eigenvalue weighted by Gasteiger charge is 2.28. The van der Waals surface area contributed by atoms with Gasteiger partial charge in [-0.15, -0.1) is 0 Å². The Morgan fingerprint density at radius 2 is 1.97 bits per heavy atom. The third-order valence-electron chi connectivity index (χ3n) is 8.38. The zero-order valence-corrected chi connectivity index (χ0v) is 22.6. The van der Waals surface area contributed by atoms with Crippen LogP contribution in [0.5, 0.6) is 0 Å². The molecule has 2 aliphatic heterocycles. The van der Waals surface area contributed by atoms with Crippen molar-refractivity contribution in [3.8, 4) is 5.69 Å². The number of hydrogen-bond acceptors (Lipinski definition) is 4. The molecule has 1 unspecified atom stereocenters.